The second kappa shape index (κ2) is 7.88. The number of hydrogen-bond donors (Lipinski definition) is 3. The molecule has 1 rings (SSSR count). The van der Waals surface area contributed by atoms with Gasteiger partial charge < -0.3 is 20.5 Å². The van der Waals surface area contributed by atoms with Crippen LogP contribution >= 0.6 is 0 Å². The third-order valence-corrected chi connectivity index (χ3v) is 2.87. The number of amides is 2. The van der Waals surface area contributed by atoms with Crippen LogP contribution in [0.1, 0.15) is 18.9 Å². The highest BCUT2D eigenvalue weighted by Crippen LogP contribution is 2.24. The summed E-state index contributed by atoms with van der Waals surface area (Å²) >= 11 is 0. The lowest BCUT2D eigenvalue weighted by molar-refractivity contribution is -0.153. The van der Waals surface area contributed by atoms with Gasteiger partial charge in [-0.3, -0.25) is 0 Å². The maximum atomic E-state index is 12.1. The fraction of sp³-hybridized carbons (Fsp3) is 0.500. The average Bonchev–Trinajstić information content (AvgIpc) is 2.42. The number of anilines is 1. The van der Waals surface area contributed by atoms with Crippen molar-refractivity contribution in [3.8, 4) is 5.75 Å². The minimum absolute atomic E-state index is 0.102. The minimum Gasteiger partial charge on any atom is -0.484 e. The molecule has 0 heterocycles. The molecule has 0 saturated carbocycles. The zero-order chi connectivity index (χ0) is 16.8. The maximum absolute atomic E-state index is 12.1. The van der Waals surface area contributed by atoms with Crippen molar-refractivity contribution in [1.29, 1.82) is 0 Å². The van der Waals surface area contributed by atoms with Crippen LogP contribution in [0.3, 0.4) is 0 Å². The van der Waals surface area contributed by atoms with Crippen LogP contribution in [0, 0.1) is 6.92 Å². The zero-order valence-corrected chi connectivity index (χ0v) is 12.3. The van der Waals surface area contributed by atoms with Gasteiger partial charge in [0, 0.05) is 5.69 Å². The number of carbonyl (C=O) groups excluding carboxylic acids is 1. The molecule has 0 aliphatic carbocycles. The lowest BCUT2D eigenvalue weighted by Gasteiger charge is -2.16. The van der Waals surface area contributed by atoms with Crippen molar-refractivity contribution in [1.82, 2.24) is 5.32 Å². The molecule has 2 amide bonds. The van der Waals surface area contributed by atoms with Crippen LogP contribution in [-0.4, -0.2) is 36.6 Å². The first kappa shape index (κ1) is 18.1. The van der Waals surface area contributed by atoms with Crippen molar-refractivity contribution < 1.29 is 27.8 Å². The molecule has 1 atom stereocenters. The van der Waals surface area contributed by atoms with E-state index in [0.29, 0.717) is 17.7 Å². The molecule has 0 saturated heterocycles. The number of aryl methyl sites for hydroxylation is 1. The number of nitrogens with one attached hydrogen (secondary N) is 2. The van der Waals surface area contributed by atoms with E-state index in [1.54, 1.807) is 6.92 Å². The SMILES string of the molecule is CCC(CO)NC(=O)Nc1ccc(OCC(F)(F)F)c(C)c1. The van der Waals surface area contributed by atoms with Gasteiger partial charge in [-0.25, -0.2) is 4.79 Å². The summed E-state index contributed by atoms with van der Waals surface area (Å²) < 4.78 is 41.0. The highest BCUT2D eigenvalue weighted by atomic mass is 19.4. The van der Waals surface area contributed by atoms with Gasteiger partial charge >= 0.3 is 12.2 Å². The van der Waals surface area contributed by atoms with E-state index in [4.69, 9.17) is 5.11 Å². The molecule has 124 valence electrons. The average molecular weight is 320 g/mol. The van der Waals surface area contributed by atoms with E-state index in [0.717, 1.165) is 0 Å². The van der Waals surface area contributed by atoms with Crippen molar-refractivity contribution in [3.63, 3.8) is 0 Å². The Hall–Kier alpha value is -1.96. The van der Waals surface area contributed by atoms with Crippen LogP contribution in [0.25, 0.3) is 0 Å². The summed E-state index contributed by atoms with van der Waals surface area (Å²) in [5, 5.41) is 14.1. The Balaban J connectivity index is 2.63. The summed E-state index contributed by atoms with van der Waals surface area (Å²) in [6, 6.07) is 3.46. The Labute approximate surface area is 126 Å². The van der Waals surface area contributed by atoms with Crippen LogP contribution in [0.4, 0.5) is 23.7 Å². The predicted molar refractivity (Wildman–Crippen MR) is 76.0 cm³/mol. The molecule has 1 aromatic rings. The zero-order valence-electron chi connectivity index (χ0n) is 12.3. The van der Waals surface area contributed by atoms with Gasteiger partial charge in [-0.1, -0.05) is 6.92 Å². The van der Waals surface area contributed by atoms with Crippen molar-refractivity contribution >= 4 is 11.7 Å². The molecule has 0 aromatic heterocycles. The molecule has 0 bridgehead atoms. The Morgan fingerprint density at radius 3 is 2.59 bits per heavy atom. The van der Waals surface area contributed by atoms with Gasteiger partial charge in [0.2, 0.25) is 0 Å². The monoisotopic (exact) mass is 320 g/mol. The Morgan fingerprint density at radius 2 is 2.09 bits per heavy atom. The number of carbonyl (C=O) groups is 1. The second-order valence-electron chi connectivity index (χ2n) is 4.77. The van der Waals surface area contributed by atoms with E-state index in [1.165, 1.54) is 18.2 Å². The molecule has 1 aromatic carbocycles. The van der Waals surface area contributed by atoms with Crippen LogP contribution < -0.4 is 15.4 Å². The quantitative estimate of drug-likeness (QED) is 0.755. The molecular weight excluding hydrogens is 301 g/mol. The van der Waals surface area contributed by atoms with Gasteiger partial charge in [0.25, 0.3) is 0 Å². The lowest BCUT2D eigenvalue weighted by Crippen LogP contribution is -2.39. The molecule has 0 radical (unpaired) electrons. The maximum Gasteiger partial charge on any atom is 0.422 e. The van der Waals surface area contributed by atoms with Crippen molar-refractivity contribution in [2.75, 3.05) is 18.5 Å². The van der Waals surface area contributed by atoms with Crippen LogP contribution in [0.2, 0.25) is 0 Å². The van der Waals surface area contributed by atoms with Gasteiger partial charge in [0.15, 0.2) is 6.61 Å². The van der Waals surface area contributed by atoms with Gasteiger partial charge in [-0.2, -0.15) is 13.2 Å². The topological polar surface area (TPSA) is 70.6 Å². The number of urea groups is 1. The number of hydrogen-bond acceptors (Lipinski definition) is 3. The van der Waals surface area contributed by atoms with Gasteiger partial charge in [0.05, 0.1) is 12.6 Å². The second-order valence-corrected chi connectivity index (χ2v) is 4.77. The Bertz CT molecular complexity index is 503. The number of aliphatic hydroxyl groups excluding tert-OH is 1. The van der Waals surface area contributed by atoms with Crippen molar-refractivity contribution in [2.45, 2.75) is 32.5 Å². The van der Waals surface area contributed by atoms with E-state index >= 15 is 0 Å². The summed E-state index contributed by atoms with van der Waals surface area (Å²) in [7, 11) is 0. The molecule has 3 N–H and O–H groups in total. The van der Waals surface area contributed by atoms with E-state index in [2.05, 4.69) is 15.4 Å². The van der Waals surface area contributed by atoms with Crippen LogP contribution in [0.15, 0.2) is 18.2 Å². The fourth-order valence-corrected chi connectivity index (χ4v) is 1.68. The fourth-order valence-electron chi connectivity index (χ4n) is 1.68. The summed E-state index contributed by atoms with van der Waals surface area (Å²) in [6.45, 7) is 1.86. The minimum atomic E-state index is -4.40. The molecule has 0 fully saturated rings. The summed E-state index contributed by atoms with van der Waals surface area (Å²) in [5.74, 6) is 0.102. The highest BCUT2D eigenvalue weighted by Gasteiger charge is 2.28. The van der Waals surface area contributed by atoms with E-state index in [1.807, 2.05) is 6.92 Å². The van der Waals surface area contributed by atoms with Gasteiger partial charge in [-0.05, 0) is 37.1 Å². The van der Waals surface area contributed by atoms with E-state index < -0.39 is 18.8 Å². The number of halogens is 3. The molecule has 0 aliphatic rings. The Morgan fingerprint density at radius 1 is 1.41 bits per heavy atom. The summed E-state index contributed by atoms with van der Waals surface area (Å²) in [4.78, 5) is 11.7. The third kappa shape index (κ3) is 6.21. The molecule has 8 heteroatoms. The highest BCUT2D eigenvalue weighted by molar-refractivity contribution is 5.89. The molecule has 0 spiro atoms. The largest absolute Gasteiger partial charge is 0.484 e. The molecule has 5 nitrogen and oxygen atoms in total. The number of alkyl halides is 3. The van der Waals surface area contributed by atoms with Crippen molar-refractivity contribution in [2.24, 2.45) is 0 Å². The molecular formula is C14H19F3N2O3. The van der Waals surface area contributed by atoms with Crippen LogP contribution in [0.5, 0.6) is 5.75 Å². The standard InChI is InChI=1S/C14H19F3N2O3/c1-3-10(7-20)18-13(21)19-11-4-5-12(9(2)6-11)22-8-14(15,16)17/h4-6,10,20H,3,7-8H2,1-2H3,(H2,18,19,21). The number of benzene rings is 1. The Kier molecular flexibility index (Phi) is 6.48. The van der Waals surface area contributed by atoms with E-state index in [9.17, 15) is 18.0 Å². The first-order valence-electron chi connectivity index (χ1n) is 6.73. The number of ether oxygens (including phenoxy) is 1. The predicted octanol–water partition coefficient (Wildman–Crippen LogP) is 2.83. The molecule has 22 heavy (non-hydrogen) atoms. The molecule has 1 unspecified atom stereocenters. The number of rotatable bonds is 6. The lowest BCUT2D eigenvalue weighted by atomic mass is 10.2. The summed E-state index contributed by atoms with van der Waals surface area (Å²) in [5.41, 5.74) is 0.887. The molecule has 0 aliphatic heterocycles. The smallest absolute Gasteiger partial charge is 0.422 e. The third-order valence-electron chi connectivity index (χ3n) is 2.87. The van der Waals surface area contributed by atoms with Gasteiger partial charge in [0.1, 0.15) is 5.75 Å². The van der Waals surface area contributed by atoms with Gasteiger partial charge in [-0.15, -0.1) is 0 Å². The van der Waals surface area contributed by atoms with E-state index in [-0.39, 0.29) is 18.4 Å². The van der Waals surface area contributed by atoms with Crippen molar-refractivity contribution in [3.05, 3.63) is 23.8 Å². The first-order chi connectivity index (χ1) is 10.2. The van der Waals surface area contributed by atoms with Crippen LogP contribution in [-0.2, 0) is 0 Å². The first-order valence-corrected chi connectivity index (χ1v) is 6.73. The summed E-state index contributed by atoms with van der Waals surface area (Å²) in [6.07, 6.45) is -3.82. The normalized spacial score (nSPS) is 12.6. The number of aliphatic hydroxyl groups is 1.